The number of nitrogens with one attached hydrogen (secondary N) is 2. The number of nitrogens with zero attached hydrogens (tertiary/aromatic N) is 6. The van der Waals surface area contributed by atoms with Crippen molar-refractivity contribution in [3.8, 4) is 0 Å². The van der Waals surface area contributed by atoms with E-state index in [1.54, 1.807) is 24.7 Å². The molecule has 0 aliphatic heterocycles. The molecule has 0 saturated heterocycles. The lowest BCUT2D eigenvalue weighted by molar-refractivity contribution is -0.113. The minimum Gasteiger partial charge on any atom is -0.334 e. The van der Waals surface area contributed by atoms with E-state index in [4.69, 9.17) is 5.84 Å². The molecule has 0 atom stereocenters. The van der Waals surface area contributed by atoms with E-state index in [1.807, 2.05) is 30.3 Å². The first-order chi connectivity index (χ1) is 14.2. The SMILES string of the molecule is Nn1c(N/N=C/c2cccnc2)nnc1SCC(=O)Nc1nc2ccccc2s1. The fourth-order valence-corrected chi connectivity index (χ4v) is 3.82. The fraction of sp³-hybridized carbons (Fsp3) is 0.0588. The number of aromatic nitrogens is 5. The third-order valence-corrected chi connectivity index (χ3v) is 5.49. The maximum atomic E-state index is 12.2. The molecule has 0 bridgehead atoms. The van der Waals surface area contributed by atoms with Crippen LogP contribution in [0.25, 0.3) is 10.2 Å². The number of carbonyl (C=O) groups excluding carboxylic acids is 1. The van der Waals surface area contributed by atoms with Crippen molar-refractivity contribution in [1.82, 2.24) is 24.8 Å². The number of amides is 1. The number of anilines is 2. The number of hydrazone groups is 1. The average Bonchev–Trinajstić information content (AvgIpc) is 3.30. The van der Waals surface area contributed by atoms with Gasteiger partial charge in [0.15, 0.2) is 5.13 Å². The standard InChI is InChI=1S/C17H15N9OS2/c18-26-15(23-20-9-11-4-3-7-19-8-11)24-25-17(26)28-10-14(27)22-16-21-12-5-1-2-6-13(12)29-16/h1-9H,10,18H2,(H,23,24)(H,21,22,27)/b20-9+. The number of nitrogen functional groups attached to an aromatic ring is 1. The molecule has 1 amide bonds. The Morgan fingerprint density at radius 2 is 2.17 bits per heavy atom. The second kappa shape index (κ2) is 8.67. The maximum Gasteiger partial charge on any atom is 0.264 e. The zero-order valence-corrected chi connectivity index (χ0v) is 16.5. The van der Waals surface area contributed by atoms with E-state index >= 15 is 0 Å². The van der Waals surface area contributed by atoms with E-state index in [0.717, 1.165) is 27.5 Å². The molecule has 0 unspecified atom stereocenters. The third kappa shape index (κ3) is 4.67. The van der Waals surface area contributed by atoms with Crippen molar-refractivity contribution >= 4 is 56.5 Å². The fourth-order valence-electron chi connectivity index (χ4n) is 2.28. The molecule has 4 N–H and O–H groups in total. The zero-order valence-electron chi connectivity index (χ0n) is 14.9. The van der Waals surface area contributed by atoms with E-state index in [2.05, 4.69) is 36.0 Å². The number of para-hydroxylation sites is 1. The molecular formula is C17H15N9OS2. The lowest BCUT2D eigenvalue weighted by atomic mass is 10.3. The van der Waals surface area contributed by atoms with Crippen LogP contribution in [0.3, 0.4) is 0 Å². The molecular weight excluding hydrogens is 410 g/mol. The summed E-state index contributed by atoms with van der Waals surface area (Å²) in [5.74, 6) is 6.11. The summed E-state index contributed by atoms with van der Waals surface area (Å²) in [7, 11) is 0. The molecule has 10 nitrogen and oxygen atoms in total. The van der Waals surface area contributed by atoms with Crippen LogP contribution in [0.15, 0.2) is 59.0 Å². The van der Waals surface area contributed by atoms with Gasteiger partial charge in [0.1, 0.15) is 0 Å². The zero-order chi connectivity index (χ0) is 20.1. The number of carbonyl (C=O) groups is 1. The summed E-state index contributed by atoms with van der Waals surface area (Å²) in [4.78, 5) is 20.6. The molecule has 4 rings (SSSR count). The monoisotopic (exact) mass is 425 g/mol. The second-order valence-corrected chi connectivity index (χ2v) is 7.63. The first kappa shape index (κ1) is 18.8. The van der Waals surface area contributed by atoms with Crippen LogP contribution in [0, 0.1) is 0 Å². The number of rotatable bonds is 7. The highest BCUT2D eigenvalue weighted by atomic mass is 32.2. The molecule has 0 spiro atoms. The van der Waals surface area contributed by atoms with Gasteiger partial charge in [-0.1, -0.05) is 41.3 Å². The van der Waals surface area contributed by atoms with Gasteiger partial charge in [-0.25, -0.2) is 15.1 Å². The van der Waals surface area contributed by atoms with Gasteiger partial charge >= 0.3 is 0 Å². The predicted octanol–water partition coefficient (Wildman–Crippen LogP) is 2.17. The van der Waals surface area contributed by atoms with Crippen molar-refractivity contribution in [2.75, 3.05) is 22.3 Å². The molecule has 12 heteroatoms. The number of fused-ring (bicyclic) bond motifs is 1. The first-order valence-electron chi connectivity index (χ1n) is 8.37. The summed E-state index contributed by atoms with van der Waals surface area (Å²) < 4.78 is 2.25. The largest absolute Gasteiger partial charge is 0.334 e. The Labute approximate surface area is 173 Å². The lowest BCUT2D eigenvalue weighted by Gasteiger charge is -2.03. The summed E-state index contributed by atoms with van der Waals surface area (Å²) in [5, 5.41) is 15.6. The Morgan fingerprint density at radius 1 is 1.28 bits per heavy atom. The summed E-state index contributed by atoms with van der Waals surface area (Å²) in [6, 6.07) is 11.4. The van der Waals surface area contributed by atoms with Crippen molar-refractivity contribution in [3.05, 3.63) is 54.4 Å². The van der Waals surface area contributed by atoms with E-state index in [9.17, 15) is 4.79 Å². The highest BCUT2D eigenvalue weighted by molar-refractivity contribution is 7.99. The lowest BCUT2D eigenvalue weighted by Crippen LogP contribution is -2.16. The molecule has 1 aromatic carbocycles. The van der Waals surface area contributed by atoms with E-state index in [-0.39, 0.29) is 17.6 Å². The van der Waals surface area contributed by atoms with Crippen molar-refractivity contribution in [3.63, 3.8) is 0 Å². The molecule has 3 heterocycles. The van der Waals surface area contributed by atoms with E-state index in [0.29, 0.717) is 10.3 Å². The Bertz CT molecular complexity index is 1120. The topological polar surface area (TPSA) is 136 Å². The van der Waals surface area contributed by atoms with E-state index < -0.39 is 0 Å². The number of hydrogen-bond donors (Lipinski definition) is 3. The van der Waals surface area contributed by atoms with Gasteiger partial charge in [0.2, 0.25) is 11.1 Å². The normalized spacial score (nSPS) is 11.2. The van der Waals surface area contributed by atoms with Crippen LogP contribution in [0.2, 0.25) is 0 Å². The number of benzene rings is 1. The number of hydrogen-bond acceptors (Lipinski definition) is 10. The summed E-state index contributed by atoms with van der Waals surface area (Å²) in [5.41, 5.74) is 4.38. The summed E-state index contributed by atoms with van der Waals surface area (Å²) in [6.07, 6.45) is 4.93. The van der Waals surface area contributed by atoms with Crippen molar-refractivity contribution < 1.29 is 4.79 Å². The Morgan fingerprint density at radius 3 is 3.00 bits per heavy atom. The van der Waals surface area contributed by atoms with E-state index in [1.165, 1.54) is 16.0 Å². The van der Waals surface area contributed by atoms with Crippen LogP contribution in [0.1, 0.15) is 5.56 Å². The quantitative estimate of drug-likeness (QED) is 0.177. The highest BCUT2D eigenvalue weighted by Gasteiger charge is 2.13. The van der Waals surface area contributed by atoms with Gasteiger partial charge in [-0.05, 0) is 18.2 Å². The molecule has 0 saturated carbocycles. The van der Waals surface area contributed by atoms with Crippen molar-refractivity contribution in [2.45, 2.75) is 5.16 Å². The predicted molar refractivity (Wildman–Crippen MR) is 115 cm³/mol. The molecule has 3 aromatic heterocycles. The molecule has 0 aliphatic carbocycles. The number of pyridine rings is 1. The van der Waals surface area contributed by atoms with Gasteiger partial charge < -0.3 is 11.2 Å². The van der Waals surface area contributed by atoms with Crippen molar-refractivity contribution in [2.24, 2.45) is 5.10 Å². The van der Waals surface area contributed by atoms with Crippen molar-refractivity contribution in [1.29, 1.82) is 0 Å². The Balaban J connectivity index is 1.31. The van der Waals surface area contributed by atoms with Gasteiger partial charge in [0.25, 0.3) is 5.95 Å². The Kier molecular flexibility index (Phi) is 5.63. The molecule has 29 heavy (non-hydrogen) atoms. The molecule has 0 radical (unpaired) electrons. The van der Waals surface area contributed by atoms with Crippen LogP contribution >= 0.6 is 23.1 Å². The third-order valence-electron chi connectivity index (χ3n) is 3.60. The maximum absolute atomic E-state index is 12.2. The minimum absolute atomic E-state index is 0.115. The number of thioether (sulfide) groups is 1. The van der Waals surface area contributed by atoms with Gasteiger partial charge in [-0.2, -0.15) is 5.10 Å². The number of nitrogens with two attached hydrogens (primary N) is 1. The minimum atomic E-state index is -0.207. The summed E-state index contributed by atoms with van der Waals surface area (Å²) >= 11 is 2.58. The molecule has 4 aromatic rings. The molecule has 0 aliphatic rings. The van der Waals surface area contributed by atoms with Crippen LogP contribution < -0.4 is 16.6 Å². The second-order valence-electron chi connectivity index (χ2n) is 5.66. The smallest absolute Gasteiger partial charge is 0.264 e. The van der Waals surface area contributed by atoms with Crippen LogP contribution in [-0.2, 0) is 4.79 Å². The average molecular weight is 426 g/mol. The van der Waals surface area contributed by atoms with Crippen LogP contribution in [0.4, 0.5) is 11.1 Å². The van der Waals surface area contributed by atoms with Gasteiger partial charge in [0, 0.05) is 18.0 Å². The summed E-state index contributed by atoms with van der Waals surface area (Å²) in [6.45, 7) is 0. The highest BCUT2D eigenvalue weighted by Crippen LogP contribution is 2.25. The van der Waals surface area contributed by atoms with Gasteiger partial charge in [-0.3, -0.25) is 9.78 Å². The van der Waals surface area contributed by atoms with Gasteiger partial charge in [0.05, 0.1) is 22.2 Å². The molecule has 146 valence electrons. The Hall–Kier alpha value is -3.51. The molecule has 0 fully saturated rings. The van der Waals surface area contributed by atoms with Crippen LogP contribution in [0.5, 0.6) is 0 Å². The van der Waals surface area contributed by atoms with Crippen LogP contribution in [-0.4, -0.2) is 42.7 Å². The van der Waals surface area contributed by atoms with Gasteiger partial charge in [-0.15, -0.1) is 10.2 Å². The first-order valence-corrected chi connectivity index (χ1v) is 10.2. The number of thiazole rings is 1.